The predicted octanol–water partition coefficient (Wildman–Crippen LogP) is 3.10. The first kappa shape index (κ1) is 33.5. The molecule has 4 atom stereocenters. The zero-order valence-electron chi connectivity index (χ0n) is 27.4. The number of para-hydroxylation sites is 1. The first-order valence-corrected chi connectivity index (χ1v) is 15.2. The van der Waals surface area contributed by atoms with Gasteiger partial charge in [0.25, 0.3) is 5.91 Å². The molecule has 2 aromatic rings. The van der Waals surface area contributed by atoms with E-state index in [1.165, 1.54) is 4.90 Å². The Kier molecular flexibility index (Phi) is 8.36. The first-order chi connectivity index (χ1) is 21.9. The zero-order chi connectivity index (χ0) is 34.7. The van der Waals surface area contributed by atoms with Gasteiger partial charge < -0.3 is 41.3 Å². The van der Waals surface area contributed by atoms with E-state index in [0.29, 0.717) is 16.9 Å². The van der Waals surface area contributed by atoms with Crippen LogP contribution in [0.4, 0.5) is 21.9 Å². The van der Waals surface area contributed by atoms with Crippen molar-refractivity contribution >= 4 is 46.3 Å². The maximum Gasteiger partial charge on any atom is 0.323 e. The number of anilines is 3. The van der Waals surface area contributed by atoms with E-state index in [1.807, 2.05) is 0 Å². The lowest BCUT2D eigenvalue weighted by Gasteiger charge is -2.50. The molecule has 5 rings (SSSR count). The van der Waals surface area contributed by atoms with Crippen LogP contribution in [0.2, 0.25) is 0 Å². The fraction of sp³-hybridized carbons (Fsp3) is 0.412. The summed E-state index contributed by atoms with van der Waals surface area (Å²) in [5.41, 5.74) is -3.15. The second kappa shape index (κ2) is 11.7. The molecule has 3 aliphatic rings. The number of nitrogens with one attached hydrogen (secondary N) is 3. The second-order valence-electron chi connectivity index (χ2n) is 13.8. The summed E-state index contributed by atoms with van der Waals surface area (Å²) in [6.07, 6.45) is 0.113. The molecular weight excluding hydrogens is 606 g/mol. The quantitative estimate of drug-likeness (QED) is 0.187. The van der Waals surface area contributed by atoms with E-state index < -0.39 is 75.4 Å². The summed E-state index contributed by atoms with van der Waals surface area (Å²) in [6, 6.07) is 8.38. The van der Waals surface area contributed by atoms with Crippen molar-refractivity contribution in [3.05, 3.63) is 64.4 Å². The molecule has 2 aromatic carbocycles. The fourth-order valence-corrected chi connectivity index (χ4v) is 6.98. The number of aliphatic hydroxyl groups excluding tert-OH is 2. The highest BCUT2D eigenvalue weighted by molar-refractivity contribution is 6.25. The van der Waals surface area contributed by atoms with Gasteiger partial charge in [-0.2, -0.15) is 0 Å². The molecule has 1 saturated carbocycles. The number of nitrogens with zero attached hydrogens (tertiary/aromatic N) is 2. The molecule has 3 amide bonds. The van der Waals surface area contributed by atoms with Gasteiger partial charge in [-0.1, -0.05) is 18.2 Å². The minimum atomic E-state index is -2.73. The molecule has 0 heterocycles. The normalized spacial score (nSPS) is 24.0. The third-order valence-corrected chi connectivity index (χ3v) is 8.93. The minimum absolute atomic E-state index is 0.0129. The van der Waals surface area contributed by atoms with Crippen LogP contribution in [0.1, 0.15) is 38.3 Å². The molecule has 0 radical (unpaired) electrons. The van der Waals surface area contributed by atoms with Gasteiger partial charge in [-0.15, -0.1) is 0 Å². The number of hydrogen-bond acceptors (Lipinski definition) is 10. The van der Waals surface area contributed by atoms with Crippen molar-refractivity contribution in [1.82, 2.24) is 10.2 Å². The number of amides is 3. The molecule has 13 nitrogen and oxygen atoms in total. The number of rotatable bonds is 5. The third-order valence-electron chi connectivity index (χ3n) is 8.93. The highest BCUT2D eigenvalue weighted by Crippen LogP contribution is 2.54. The Morgan fingerprint density at radius 1 is 0.979 bits per heavy atom. The Morgan fingerprint density at radius 2 is 1.62 bits per heavy atom. The van der Waals surface area contributed by atoms with Crippen molar-refractivity contribution in [3.8, 4) is 5.75 Å². The second-order valence-corrected chi connectivity index (χ2v) is 13.8. The van der Waals surface area contributed by atoms with E-state index in [4.69, 9.17) is 0 Å². The monoisotopic (exact) mass is 647 g/mol. The molecule has 47 heavy (non-hydrogen) atoms. The summed E-state index contributed by atoms with van der Waals surface area (Å²) in [5.74, 6) is -6.85. The van der Waals surface area contributed by atoms with Crippen LogP contribution in [0.25, 0.3) is 5.76 Å². The lowest BCUT2D eigenvalue weighted by molar-refractivity contribution is -0.153. The molecule has 7 N–H and O–H groups in total. The predicted molar refractivity (Wildman–Crippen MR) is 176 cm³/mol. The number of carbonyl (C=O) groups excluding carboxylic acids is 4. The highest BCUT2D eigenvalue weighted by atomic mass is 16.3. The van der Waals surface area contributed by atoms with Crippen LogP contribution in [0.15, 0.2) is 53.3 Å². The van der Waals surface area contributed by atoms with E-state index in [9.17, 15) is 39.6 Å². The summed E-state index contributed by atoms with van der Waals surface area (Å²) >= 11 is 0. The largest absolute Gasteiger partial charge is 0.508 e. The number of likely N-dealkylation sites (N-methyl/N-ethyl adjacent to an activating group) is 1. The smallest absolute Gasteiger partial charge is 0.323 e. The molecule has 13 heteroatoms. The molecule has 0 saturated heterocycles. The molecule has 0 bridgehead atoms. The number of fused-ring (bicyclic) bond motifs is 3. The van der Waals surface area contributed by atoms with Gasteiger partial charge in [-0.05, 0) is 77.4 Å². The van der Waals surface area contributed by atoms with Gasteiger partial charge in [-0.25, -0.2) is 4.79 Å². The summed E-state index contributed by atoms with van der Waals surface area (Å²) in [6.45, 7) is 5.04. The number of aromatic hydroxyl groups is 1. The standard InChI is InChI=1S/C34H41N5O8/c1-33(2,3)37-31(45)24-28(42)25(39(6)7)19-14-16-13-18-21(38(4)5)15-20(36-32(46)35-17-11-9-8-10-12-17)26(40)23(18)27(41)22(16)29(43)34(19,47)30(24)44/h8-12,15-16,19,25,40-41,44,47H,13-14H2,1-7H3,(H,37,45)(H2,35,36,46). The van der Waals surface area contributed by atoms with Crippen molar-refractivity contribution in [2.24, 2.45) is 11.8 Å². The Bertz CT molecular complexity index is 1740. The van der Waals surface area contributed by atoms with Gasteiger partial charge in [0.05, 0.1) is 17.3 Å². The van der Waals surface area contributed by atoms with Crippen LogP contribution in [0.5, 0.6) is 5.75 Å². The van der Waals surface area contributed by atoms with Crippen molar-refractivity contribution < 1.29 is 39.6 Å². The van der Waals surface area contributed by atoms with Crippen LogP contribution < -0.4 is 20.9 Å². The zero-order valence-corrected chi connectivity index (χ0v) is 27.4. The number of hydrogen-bond donors (Lipinski definition) is 7. The molecule has 1 fully saturated rings. The minimum Gasteiger partial charge on any atom is -0.508 e. The number of phenols is 1. The average Bonchev–Trinajstić information content (AvgIpc) is 2.95. The maximum absolute atomic E-state index is 14.4. The number of ketones is 2. The average molecular weight is 648 g/mol. The van der Waals surface area contributed by atoms with Crippen LogP contribution in [0, 0.1) is 11.8 Å². The number of Topliss-reactive ketones (excluding diaryl/α,β-unsaturated/α-hetero) is 2. The van der Waals surface area contributed by atoms with Crippen LogP contribution in [0.3, 0.4) is 0 Å². The third kappa shape index (κ3) is 5.59. The van der Waals surface area contributed by atoms with E-state index in [2.05, 4.69) is 16.0 Å². The molecule has 0 aromatic heterocycles. The number of phenolic OH excluding ortho intramolecular Hbond substituents is 1. The number of carbonyl (C=O) groups is 4. The Morgan fingerprint density at radius 3 is 2.19 bits per heavy atom. The Hall–Kier alpha value is -4.88. The number of aliphatic hydroxyl groups is 3. The number of benzene rings is 2. The van der Waals surface area contributed by atoms with Gasteiger partial charge in [-0.3, -0.25) is 19.3 Å². The molecule has 4 unspecified atom stereocenters. The topological polar surface area (TPSA) is 192 Å². The molecular formula is C34H41N5O8. The van der Waals surface area contributed by atoms with Gasteiger partial charge in [0.15, 0.2) is 17.1 Å². The molecule has 0 aliphatic heterocycles. The SMILES string of the molecule is CN(C)c1cc(NC(=O)Nc2ccccc2)c(O)c2c1CC1CC3C(N(C)C)C(=O)C(C(=O)NC(C)(C)C)=C(O)C3(O)C(=O)C1=C2O. The molecule has 3 aliphatic carbocycles. The summed E-state index contributed by atoms with van der Waals surface area (Å²) in [4.78, 5) is 57.5. The first-order valence-electron chi connectivity index (χ1n) is 15.2. The number of urea groups is 1. The van der Waals surface area contributed by atoms with Gasteiger partial charge in [0.1, 0.15) is 17.1 Å². The molecule has 250 valence electrons. The Labute approximate surface area is 272 Å². The van der Waals surface area contributed by atoms with Crippen molar-refractivity contribution in [1.29, 1.82) is 0 Å². The Balaban J connectivity index is 1.65. The molecule has 0 spiro atoms. The summed E-state index contributed by atoms with van der Waals surface area (Å²) < 4.78 is 0. The van der Waals surface area contributed by atoms with E-state index in [-0.39, 0.29) is 29.7 Å². The van der Waals surface area contributed by atoms with E-state index >= 15 is 0 Å². The van der Waals surface area contributed by atoms with E-state index in [1.54, 1.807) is 90.3 Å². The van der Waals surface area contributed by atoms with Gasteiger partial charge in [0.2, 0.25) is 5.78 Å². The summed E-state index contributed by atoms with van der Waals surface area (Å²) in [7, 11) is 6.66. The van der Waals surface area contributed by atoms with Crippen LogP contribution in [-0.4, -0.2) is 94.2 Å². The van der Waals surface area contributed by atoms with Crippen LogP contribution in [-0.2, 0) is 20.8 Å². The lowest BCUT2D eigenvalue weighted by atomic mass is 9.57. The van der Waals surface area contributed by atoms with Crippen molar-refractivity contribution in [2.75, 3.05) is 43.7 Å². The fourth-order valence-electron chi connectivity index (χ4n) is 6.98. The van der Waals surface area contributed by atoms with Gasteiger partial charge in [0, 0.05) is 42.5 Å². The lowest BCUT2D eigenvalue weighted by Crippen LogP contribution is -2.66. The summed E-state index contributed by atoms with van der Waals surface area (Å²) in [5, 5.41) is 54.6. The van der Waals surface area contributed by atoms with Crippen LogP contribution >= 0.6 is 0 Å². The van der Waals surface area contributed by atoms with Gasteiger partial charge >= 0.3 is 6.03 Å². The van der Waals surface area contributed by atoms with Crippen molar-refractivity contribution in [3.63, 3.8) is 0 Å². The van der Waals surface area contributed by atoms with Crippen molar-refractivity contribution in [2.45, 2.75) is 50.8 Å². The highest BCUT2D eigenvalue weighted by Gasteiger charge is 2.64. The van der Waals surface area contributed by atoms with E-state index in [0.717, 1.165) is 0 Å². The maximum atomic E-state index is 14.4.